The Kier molecular flexibility index (Phi) is 5.66. The summed E-state index contributed by atoms with van der Waals surface area (Å²) in [7, 11) is 0. The highest BCUT2D eigenvalue weighted by Gasteiger charge is 2.14. The minimum atomic E-state index is -0.371. The second-order valence-corrected chi connectivity index (χ2v) is 6.65. The highest BCUT2D eigenvalue weighted by Crippen LogP contribution is 2.20. The molecule has 0 N–H and O–H groups in total. The molecule has 2 heterocycles. The van der Waals surface area contributed by atoms with Crippen LogP contribution in [0.5, 0.6) is 0 Å². The summed E-state index contributed by atoms with van der Waals surface area (Å²) < 4.78 is 9.40. The summed E-state index contributed by atoms with van der Waals surface area (Å²) in [6, 6.07) is 6.96. The molecule has 0 radical (unpaired) electrons. The van der Waals surface area contributed by atoms with Crippen LogP contribution in [0.3, 0.4) is 0 Å². The minimum Gasteiger partial charge on any atom is -0.462 e. The lowest BCUT2D eigenvalue weighted by molar-refractivity contribution is 0.0526. The van der Waals surface area contributed by atoms with Crippen molar-refractivity contribution in [2.24, 2.45) is 4.99 Å². The van der Waals surface area contributed by atoms with Gasteiger partial charge in [0.1, 0.15) is 5.69 Å². The van der Waals surface area contributed by atoms with E-state index >= 15 is 0 Å². The molecular formula is C19H20N4O3S. The van der Waals surface area contributed by atoms with Gasteiger partial charge in [0.25, 0.3) is 5.91 Å². The molecule has 1 aromatic carbocycles. The maximum absolute atomic E-state index is 12.6. The van der Waals surface area contributed by atoms with Crippen molar-refractivity contribution in [3.8, 4) is 0 Å². The number of rotatable bonds is 6. The summed E-state index contributed by atoms with van der Waals surface area (Å²) in [6.45, 7) is 8.87. The van der Waals surface area contributed by atoms with E-state index in [0.29, 0.717) is 35.8 Å². The molecule has 0 spiro atoms. The first-order valence-electron chi connectivity index (χ1n) is 8.61. The van der Waals surface area contributed by atoms with E-state index in [2.05, 4.69) is 16.7 Å². The van der Waals surface area contributed by atoms with Gasteiger partial charge < -0.3 is 9.30 Å². The zero-order chi connectivity index (χ0) is 19.4. The van der Waals surface area contributed by atoms with Gasteiger partial charge >= 0.3 is 5.97 Å². The summed E-state index contributed by atoms with van der Waals surface area (Å²) in [5, 5.41) is 4.11. The van der Waals surface area contributed by atoms with E-state index in [-0.39, 0.29) is 11.9 Å². The van der Waals surface area contributed by atoms with Crippen LogP contribution in [0.2, 0.25) is 0 Å². The number of carbonyl (C=O) groups excluding carboxylic acids is 2. The lowest BCUT2D eigenvalue weighted by atomic mass is 10.2. The Morgan fingerprint density at radius 1 is 1.33 bits per heavy atom. The Labute approximate surface area is 160 Å². The summed E-state index contributed by atoms with van der Waals surface area (Å²) in [5.41, 5.74) is 1.79. The van der Waals surface area contributed by atoms with Crippen LogP contribution in [-0.2, 0) is 17.8 Å². The van der Waals surface area contributed by atoms with Crippen molar-refractivity contribution >= 4 is 33.4 Å². The van der Waals surface area contributed by atoms with Crippen LogP contribution in [0.25, 0.3) is 10.2 Å². The fourth-order valence-corrected chi connectivity index (χ4v) is 3.79. The second kappa shape index (κ2) is 8.13. The van der Waals surface area contributed by atoms with Crippen LogP contribution in [0, 0.1) is 0 Å². The normalized spacial score (nSPS) is 11.7. The highest BCUT2D eigenvalue weighted by atomic mass is 32.1. The zero-order valence-electron chi connectivity index (χ0n) is 15.2. The summed E-state index contributed by atoms with van der Waals surface area (Å²) >= 11 is 1.34. The lowest BCUT2D eigenvalue weighted by Crippen LogP contribution is -2.17. The fourth-order valence-electron chi connectivity index (χ4n) is 2.72. The molecule has 3 aromatic rings. The van der Waals surface area contributed by atoms with Gasteiger partial charge in [-0.25, -0.2) is 4.79 Å². The van der Waals surface area contributed by atoms with Gasteiger partial charge in [-0.15, -0.1) is 6.58 Å². The molecule has 0 saturated heterocycles. The molecular weight excluding hydrogens is 364 g/mol. The molecule has 140 valence electrons. The van der Waals surface area contributed by atoms with Crippen molar-refractivity contribution in [2.75, 3.05) is 6.61 Å². The number of amides is 1. The van der Waals surface area contributed by atoms with Crippen LogP contribution in [0.4, 0.5) is 0 Å². The first-order chi connectivity index (χ1) is 13.1. The van der Waals surface area contributed by atoms with E-state index in [9.17, 15) is 9.59 Å². The molecule has 0 bridgehead atoms. The Hall–Kier alpha value is -3.00. The van der Waals surface area contributed by atoms with Crippen molar-refractivity contribution in [1.29, 1.82) is 0 Å². The fraction of sp³-hybridized carbons (Fsp3) is 0.263. The van der Waals surface area contributed by atoms with Gasteiger partial charge in [0.15, 0.2) is 4.80 Å². The van der Waals surface area contributed by atoms with Crippen LogP contribution in [-0.4, -0.2) is 32.8 Å². The van der Waals surface area contributed by atoms with Crippen molar-refractivity contribution in [3.05, 3.63) is 59.2 Å². The number of benzene rings is 1. The average Bonchev–Trinajstić information content (AvgIpc) is 3.26. The van der Waals surface area contributed by atoms with E-state index in [1.54, 1.807) is 42.1 Å². The van der Waals surface area contributed by atoms with E-state index in [0.717, 1.165) is 10.2 Å². The third kappa shape index (κ3) is 3.75. The van der Waals surface area contributed by atoms with Crippen molar-refractivity contribution in [1.82, 2.24) is 14.3 Å². The number of fused-ring (bicyclic) bond motifs is 1. The summed E-state index contributed by atoms with van der Waals surface area (Å²) in [4.78, 5) is 29.4. The molecule has 3 rings (SSSR count). The van der Waals surface area contributed by atoms with Gasteiger partial charge in [0.2, 0.25) is 0 Å². The van der Waals surface area contributed by atoms with Crippen LogP contribution >= 0.6 is 11.3 Å². The Balaban J connectivity index is 2.11. The molecule has 0 aliphatic rings. The number of allylic oxidation sites excluding steroid dienone is 1. The number of esters is 1. The number of thiazole rings is 1. The zero-order valence-corrected chi connectivity index (χ0v) is 16.0. The third-order valence-corrected chi connectivity index (χ3v) is 4.98. The van der Waals surface area contributed by atoms with E-state index in [1.165, 1.54) is 11.3 Å². The number of hydrogen-bond donors (Lipinski definition) is 0. The number of ether oxygens (including phenoxy) is 1. The highest BCUT2D eigenvalue weighted by molar-refractivity contribution is 7.16. The van der Waals surface area contributed by atoms with Gasteiger partial charge in [-0.2, -0.15) is 10.1 Å². The van der Waals surface area contributed by atoms with Gasteiger partial charge in [-0.3, -0.25) is 9.48 Å². The number of nitrogens with zero attached hydrogens (tertiary/aromatic N) is 4. The van der Waals surface area contributed by atoms with E-state index in [4.69, 9.17) is 4.74 Å². The number of aryl methyl sites for hydroxylation is 1. The van der Waals surface area contributed by atoms with Crippen LogP contribution < -0.4 is 4.80 Å². The number of aromatic nitrogens is 3. The van der Waals surface area contributed by atoms with Gasteiger partial charge in [0, 0.05) is 19.3 Å². The molecule has 8 heteroatoms. The van der Waals surface area contributed by atoms with Gasteiger partial charge in [-0.05, 0) is 38.1 Å². The lowest BCUT2D eigenvalue weighted by Gasteiger charge is -2.03. The van der Waals surface area contributed by atoms with Gasteiger partial charge in [-0.1, -0.05) is 17.4 Å². The molecule has 1 amide bonds. The Morgan fingerprint density at radius 3 is 2.85 bits per heavy atom. The summed E-state index contributed by atoms with van der Waals surface area (Å²) in [6.07, 6.45) is 3.33. The summed E-state index contributed by atoms with van der Waals surface area (Å²) in [5.74, 6) is -0.728. The molecule has 27 heavy (non-hydrogen) atoms. The molecule has 0 aliphatic carbocycles. The topological polar surface area (TPSA) is 78.5 Å². The van der Waals surface area contributed by atoms with Crippen molar-refractivity contribution in [2.45, 2.75) is 26.9 Å². The smallest absolute Gasteiger partial charge is 0.338 e. The van der Waals surface area contributed by atoms with Crippen LogP contribution in [0.1, 0.15) is 34.7 Å². The minimum absolute atomic E-state index is 0.317. The van der Waals surface area contributed by atoms with Crippen molar-refractivity contribution < 1.29 is 14.3 Å². The third-order valence-electron chi connectivity index (χ3n) is 3.94. The molecule has 0 saturated carbocycles. The predicted octanol–water partition coefficient (Wildman–Crippen LogP) is 3.02. The first kappa shape index (κ1) is 18.8. The molecule has 0 fully saturated rings. The number of hydrogen-bond acceptors (Lipinski definition) is 5. The number of carbonyl (C=O) groups is 2. The second-order valence-electron chi connectivity index (χ2n) is 5.64. The SMILES string of the molecule is C=CCn1c(=NC(=O)c2ccnn2CC)sc2cc(C(=O)OCC)ccc21. The van der Waals surface area contributed by atoms with Gasteiger partial charge in [0.05, 0.1) is 22.4 Å². The van der Waals surface area contributed by atoms with E-state index in [1.807, 2.05) is 17.6 Å². The first-order valence-corrected chi connectivity index (χ1v) is 9.43. The van der Waals surface area contributed by atoms with Crippen LogP contribution in [0.15, 0.2) is 48.1 Å². The Morgan fingerprint density at radius 2 is 2.15 bits per heavy atom. The van der Waals surface area contributed by atoms with Crippen molar-refractivity contribution in [3.63, 3.8) is 0 Å². The standard InChI is InChI=1S/C19H20N4O3S/c1-4-11-22-14-8-7-13(18(25)26-6-3)12-16(14)27-19(22)21-17(24)15-9-10-20-23(15)5-2/h4,7-10,12H,1,5-6,11H2,2-3H3. The molecule has 7 nitrogen and oxygen atoms in total. The molecule has 0 unspecified atom stereocenters. The maximum atomic E-state index is 12.6. The predicted molar refractivity (Wildman–Crippen MR) is 104 cm³/mol. The average molecular weight is 384 g/mol. The quantitative estimate of drug-likeness (QED) is 0.483. The largest absolute Gasteiger partial charge is 0.462 e. The molecule has 2 aromatic heterocycles. The maximum Gasteiger partial charge on any atom is 0.338 e. The molecule has 0 atom stereocenters. The monoisotopic (exact) mass is 384 g/mol. The van der Waals surface area contributed by atoms with E-state index < -0.39 is 0 Å². The Bertz CT molecular complexity index is 1070. The molecule has 0 aliphatic heterocycles.